The van der Waals surface area contributed by atoms with Crippen LogP contribution < -0.4 is 11.3 Å². The molecule has 0 spiro atoms. The molecule has 0 bridgehead atoms. The zero-order valence-electron chi connectivity index (χ0n) is 13.1. The van der Waals surface area contributed by atoms with E-state index in [-0.39, 0.29) is 17.7 Å². The summed E-state index contributed by atoms with van der Waals surface area (Å²) >= 11 is 0. The third-order valence-electron chi connectivity index (χ3n) is 4.65. The number of hydrogen-bond donors (Lipinski definition) is 1. The van der Waals surface area contributed by atoms with E-state index in [2.05, 4.69) is 0 Å². The molecule has 1 aliphatic heterocycles. The monoisotopic (exact) mass is 317 g/mol. The highest BCUT2D eigenvalue weighted by Crippen LogP contribution is 2.38. The Hall–Kier alpha value is -1.79. The molecular formula is C17H20FN3O2. The van der Waals surface area contributed by atoms with Crippen LogP contribution in [0.15, 0.2) is 16.9 Å². The molecule has 0 unspecified atom stereocenters. The molecular weight excluding hydrogens is 297 g/mol. The minimum Gasteiger partial charge on any atom is -0.370 e. The van der Waals surface area contributed by atoms with E-state index in [1.165, 1.54) is 12.1 Å². The Morgan fingerprint density at radius 2 is 2.17 bits per heavy atom. The first-order chi connectivity index (χ1) is 11.1. The summed E-state index contributed by atoms with van der Waals surface area (Å²) in [6.07, 6.45) is 3.59. The lowest BCUT2D eigenvalue weighted by Crippen LogP contribution is -2.27. The van der Waals surface area contributed by atoms with Crippen molar-refractivity contribution in [2.75, 3.05) is 6.61 Å². The predicted octanol–water partition coefficient (Wildman–Crippen LogP) is 2.74. The second kappa shape index (κ2) is 5.39. The molecule has 1 saturated carbocycles. The molecule has 6 heteroatoms. The second-order valence-electron chi connectivity index (χ2n) is 6.56. The van der Waals surface area contributed by atoms with Crippen LogP contribution in [-0.4, -0.2) is 16.2 Å². The van der Waals surface area contributed by atoms with Crippen molar-refractivity contribution < 1.29 is 9.13 Å². The first kappa shape index (κ1) is 14.8. The van der Waals surface area contributed by atoms with E-state index in [1.807, 2.05) is 0 Å². The minimum absolute atomic E-state index is 0.154. The minimum atomic E-state index is -0.448. The van der Waals surface area contributed by atoms with Crippen LogP contribution in [-0.2, 0) is 4.74 Å². The Morgan fingerprint density at radius 1 is 1.39 bits per heavy atom. The molecule has 0 amide bonds. The number of nitrogens with zero attached hydrogens (tertiary/aromatic N) is 2. The molecule has 2 fully saturated rings. The Kier molecular flexibility index (Phi) is 3.46. The Bertz CT molecular complexity index is 821. The van der Waals surface area contributed by atoms with Crippen LogP contribution in [0.4, 0.5) is 4.39 Å². The molecule has 122 valence electrons. The molecule has 5 nitrogen and oxygen atoms in total. The molecule has 1 aliphatic carbocycles. The van der Waals surface area contributed by atoms with E-state index in [0.29, 0.717) is 28.9 Å². The molecule has 1 aromatic carbocycles. The summed E-state index contributed by atoms with van der Waals surface area (Å²) in [5.41, 5.74) is 6.87. The third-order valence-corrected chi connectivity index (χ3v) is 4.65. The molecule has 1 saturated heterocycles. The van der Waals surface area contributed by atoms with Gasteiger partial charge in [0.2, 0.25) is 0 Å². The van der Waals surface area contributed by atoms with Gasteiger partial charge in [0, 0.05) is 18.7 Å². The van der Waals surface area contributed by atoms with E-state index in [4.69, 9.17) is 15.5 Å². The van der Waals surface area contributed by atoms with Gasteiger partial charge in [-0.3, -0.25) is 9.36 Å². The lowest BCUT2D eigenvalue weighted by molar-refractivity contribution is 0.101. The summed E-state index contributed by atoms with van der Waals surface area (Å²) in [7, 11) is 0. The largest absolute Gasteiger partial charge is 0.370 e. The van der Waals surface area contributed by atoms with Gasteiger partial charge in [0.05, 0.1) is 10.9 Å². The lowest BCUT2D eigenvalue weighted by atomic mass is 10.0. The summed E-state index contributed by atoms with van der Waals surface area (Å²) in [6, 6.07) is 2.42. The standard InChI is InChI=1S/C17H20FN3O2/c1-9(19)12-7-10(18)8-13-15(12)20-16(14-3-2-6-23-14)21(17(13)22)11-4-5-11/h7-9,11,14H,2-6,19H2,1H3/t9-,14-/m1/s1. The number of fused-ring (bicyclic) bond motifs is 1. The number of halogens is 1. The highest BCUT2D eigenvalue weighted by atomic mass is 19.1. The van der Waals surface area contributed by atoms with Gasteiger partial charge in [-0.1, -0.05) is 0 Å². The normalized spacial score (nSPS) is 22.7. The predicted molar refractivity (Wildman–Crippen MR) is 84.8 cm³/mol. The maximum Gasteiger partial charge on any atom is 0.261 e. The zero-order chi connectivity index (χ0) is 16.1. The number of rotatable bonds is 3. The fourth-order valence-corrected chi connectivity index (χ4v) is 3.35. The summed E-state index contributed by atoms with van der Waals surface area (Å²) < 4.78 is 21.4. The highest BCUT2D eigenvalue weighted by molar-refractivity contribution is 5.81. The van der Waals surface area contributed by atoms with Gasteiger partial charge in [0.15, 0.2) is 0 Å². The van der Waals surface area contributed by atoms with E-state index in [0.717, 1.165) is 25.7 Å². The van der Waals surface area contributed by atoms with Gasteiger partial charge in [-0.2, -0.15) is 0 Å². The Morgan fingerprint density at radius 3 is 2.78 bits per heavy atom. The van der Waals surface area contributed by atoms with Crippen LogP contribution in [0.1, 0.15) is 62.2 Å². The van der Waals surface area contributed by atoms with Crippen LogP contribution in [0, 0.1) is 5.82 Å². The van der Waals surface area contributed by atoms with Gasteiger partial charge in [-0.05, 0) is 50.3 Å². The van der Waals surface area contributed by atoms with Gasteiger partial charge in [0.1, 0.15) is 17.7 Å². The molecule has 2 N–H and O–H groups in total. The van der Waals surface area contributed by atoms with Gasteiger partial charge in [0.25, 0.3) is 5.56 Å². The Balaban J connectivity index is 2.04. The molecule has 2 aliphatic rings. The number of hydrogen-bond acceptors (Lipinski definition) is 4. The summed E-state index contributed by atoms with van der Waals surface area (Å²) in [4.78, 5) is 17.7. The lowest BCUT2D eigenvalue weighted by Gasteiger charge is -2.19. The maximum absolute atomic E-state index is 13.9. The first-order valence-corrected chi connectivity index (χ1v) is 8.19. The smallest absolute Gasteiger partial charge is 0.261 e. The van der Waals surface area contributed by atoms with Crippen molar-refractivity contribution in [3.05, 3.63) is 39.7 Å². The van der Waals surface area contributed by atoms with E-state index in [9.17, 15) is 9.18 Å². The molecule has 2 atom stereocenters. The summed E-state index contributed by atoms with van der Waals surface area (Å²) in [6.45, 7) is 2.46. The second-order valence-corrected chi connectivity index (χ2v) is 6.56. The van der Waals surface area contributed by atoms with Crippen molar-refractivity contribution in [1.82, 2.24) is 9.55 Å². The zero-order valence-corrected chi connectivity index (χ0v) is 13.1. The first-order valence-electron chi connectivity index (χ1n) is 8.19. The van der Waals surface area contributed by atoms with E-state index < -0.39 is 11.9 Å². The topological polar surface area (TPSA) is 70.1 Å². The van der Waals surface area contributed by atoms with E-state index in [1.54, 1.807) is 11.5 Å². The molecule has 0 radical (unpaired) electrons. The van der Waals surface area contributed by atoms with Crippen LogP contribution >= 0.6 is 0 Å². The van der Waals surface area contributed by atoms with Crippen molar-refractivity contribution in [1.29, 1.82) is 0 Å². The van der Waals surface area contributed by atoms with Crippen LogP contribution in [0.5, 0.6) is 0 Å². The fourth-order valence-electron chi connectivity index (χ4n) is 3.35. The van der Waals surface area contributed by atoms with Crippen molar-refractivity contribution >= 4 is 10.9 Å². The third kappa shape index (κ3) is 2.46. The van der Waals surface area contributed by atoms with Crippen molar-refractivity contribution in [2.24, 2.45) is 5.73 Å². The van der Waals surface area contributed by atoms with Crippen molar-refractivity contribution in [2.45, 2.75) is 50.8 Å². The van der Waals surface area contributed by atoms with Crippen LogP contribution in [0.2, 0.25) is 0 Å². The molecule has 1 aromatic heterocycles. The number of nitrogens with two attached hydrogens (primary N) is 1. The summed E-state index contributed by atoms with van der Waals surface area (Å²) in [5.74, 6) is 0.229. The highest BCUT2D eigenvalue weighted by Gasteiger charge is 2.33. The number of benzene rings is 1. The molecule has 23 heavy (non-hydrogen) atoms. The maximum atomic E-state index is 13.9. The molecule has 2 aromatic rings. The number of ether oxygens (including phenoxy) is 1. The summed E-state index contributed by atoms with van der Waals surface area (Å²) in [5, 5.41) is 0.311. The van der Waals surface area contributed by atoms with E-state index >= 15 is 0 Å². The quantitative estimate of drug-likeness (QED) is 0.945. The van der Waals surface area contributed by atoms with Crippen LogP contribution in [0.25, 0.3) is 10.9 Å². The van der Waals surface area contributed by atoms with Gasteiger partial charge >= 0.3 is 0 Å². The average Bonchev–Trinajstić information content (AvgIpc) is 3.20. The number of aromatic nitrogens is 2. The van der Waals surface area contributed by atoms with Gasteiger partial charge < -0.3 is 10.5 Å². The van der Waals surface area contributed by atoms with Gasteiger partial charge in [-0.25, -0.2) is 9.37 Å². The van der Waals surface area contributed by atoms with Crippen molar-refractivity contribution in [3.63, 3.8) is 0 Å². The Labute approximate surface area is 133 Å². The van der Waals surface area contributed by atoms with Gasteiger partial charge in [-0.15, -0.1) is 0 Å². The molecule has 2 heterocycles. The molecule has 4 rings (SSSR count). The fraction of sp³-hybridized carbons (Fsp3) is 0.529. The average molecular weight is 317 g/mol. The van der Waals surface area contributed by atoms with Crippen LogP contribution in [0.3, 0.4) is 0 Å². The van der Waals surface area contributed by atoms with Crippen molar-refractivity contribution in [3.8, 4) is 0 Å². The SMILES string of the molecule is C[C@@H](N)c1cc(F)cc2c(=O)n(C3CC3)c([C@H]3CCCO3)nc12.